The van der Waals surface area contributed by atoms with E-state index in [0.717, 1.165) is 40.5 Å². The fourth-order valence-corrected chi connectivity index (χ4v) is 5.49. The Hall–Kier alpha value is -2.44. The highest BCUT2D eigenvalue weighted by molar-refractivity contribution is 9.10. The Kier molecular flexibility index (Phi) is 6.06. The van der Waals surface area contributed by atoms with E-state index in [1.165, 1.54) is 16.2 Å². The maximum atomic E-state index is 13.3. The van der Waals surface area contributed by atoms with Crippen LogP contribution in [0.5, 0.6) is 0 Å². The number of halogens is 1. The summed E-state index contributed by atoms with van der Waals surface area (Å²) in [5, 5.41) is 6.64. The molecule has 0 fully saturated rings. The van der Waals surface area contributed by atoms with E-state index < -0.39 is 0 Å². The average molecular weight is 483 g/mol. The summed E-state index contributed by atoms with van der Waals surface area (Å²) in [6.45, 7) is 4.23. The van der Waals surface area contributed by atoms with E-state index >= 15 is 0 Å². The number of carbonyl (C=O) groups is 2. The topological polar surface area (TPSA) is 58.2 Å². The summed E-state index contributed by atoms with van der Waals surface area (Å²) >= 11 is 5.05. The molecule has 0 bridgehead atoms. The molecule has 154 valence electrons. The average Bonchev–Trinajstić information content (AvgIpc) is 3.08. The molecule has 1 aliphatic carbocycles. The summed E-state index contributed by atoms with van der Waals surface area (Å²) in [5.74, 6) is 0.202. The number of anilines is 2. The van der Waals surface area contributed by atoms with Gasteiger partial charge in [-0.1, -0.05) is 47.1 Å². The highest BCUT2D eigenvalue weighted by Crippen LogP contribution is 2.40. The summed E-state index contributed by atoms with van der Waals surface area (Å²) in [4.78, 5) is 27.3. The van der Waals surface area contributed by atoms with Crippen molar-refractivity contribution in [3.05, 3.63) is 80.1 Å². The van der Waals surface area contributed by atoms with Gasteiger partial charge in [-0.05, 0) is 67.5 Å². The number of amides is 2. The number of fused-ring (bicyclic) bond motifs is 1. The van der Waals surface area contributed by atoms with Gasteiger partial charge in [-0.15, -0.1) is 11.3 Å². The molecule has 3 aromatic rings. The SMILES string of the molecule is Cc1ccc(NC(=O)c2c(NC(=O)c3ccccc3)sc3c2CCC(C)C3)cc1Br. The van der Waals surface area contributed by atoms with E-state index in [2.05, 4.69) is 33.5 Å². The van der Waals surface area contributed by atoms with E-state index in [0.29, 0.717) is 22.0 Å². The molecule has 4 rings (SSSR count). The Morgan fingerprint density at radius 2 is 1.83 bits per heavy atom. The predicted molar refractivity (Wildman–Crippen MR) is 127 cm³/mol. The van der Waals surface area contributed by atoms with Crippen LogP contribution in [0.3, 0.4) is 0 Å². The number of thiophene rings is 1. The van der Waals surface area contributed by atoms with Gasteiger partial charge in [0.1, 0.15) is 5.00 Å². The molecule has 0 saturated carbocycles. The lowest BCUT2D eigenvalue weighted by atomic mass is 9.88. The molecule has 0 saturated heterocycles. The third-order valence-electron chi connectivity index (χ3n) is 5.43. The number of aryl methyl sites for hydroxylation is 1. The number of hydrogen-bond acceptors (Lipinski definition) is 3. The maximum absolute atomic E-state index is 13.3. The highest BCUT2D eigenvalue weighted by atomic mass is 79.9. The number of rotatable bonds is 4. The van der Waals surface area contributed by atoms with Crippen LogP contribution in [0.2, 0.25) is 0 Å². The Balaban J connectivity index is 1.67. The molecule has 1 atom stereocenters. The standard InChI is InChI=1S/C24H23BrN2O2S/c1-14-8-11-18-20(12-14)30-24(27-22(28)16-6-4-3-5-7-16)21(18)23(29)26-17-10-9-15(2)19(25)13-17/h3-7,9-10,13-14H,8,11-12H2,1-2H3,(H,26,29)(H,27,28). The second kappa shape index (κ2) is 8.74. The van der Waals surface area contributed by atoms with E-state index in [4.69, 9.17) is 0 Å². The van der Waals surface area contributed by atoms with Crippen LogP contribution in [0.25, 0.3) is 0 Å². The molecule has 1 aliphatic rings. The van der Waals surface area contributed by atoms with Crippen molar-refractivity contribution >= 4 is 49.8 Å². The molecule has 0 aliphatic heterocycles. The van der Waals surface area contributed by atoms with Crippen LogP contribution in [0.4, 0.5) is 10.7 Å². The lowest BCUT2D eigenvalue weighted by Gasteiger charge is -2.18. The van der Waals surface area contributed by atoms with Gasteiger partial charge in [0.25, 0.3) is 11.8 Å². The predicted octanol–water partition coefficient (Wildman–Crippen LogP) is 6.45. The highest BCUT2D eigenvalue weighted by Gasteiger charge is 2.28. The fourth-order valence-electron chi connectivity index (χ4n) is 3.71. The van der Waals surface area contributed by atoms with Crippen molar-refractivity contribution in [1.82, 2.24) is 0 Å². The maximum Gasteiger partial charge on any atom is 0.258 e. The molecule has 0 spiro atoms. The largest absolute Gasteiger partial charge is 0.322 e. The van der Waals surface area contributed by atoms with E-state index in [9.17, 15) is 9.59 Å². The molecule has 1 aromatic heterocycles. The van der Waals surface area contributed by atoms with Gasteiger partial charge >= 0.3 is 0 Å². The lowest BCUT2D eigenvalue weighted by Crippen LogP contribution is -2.19. The van der Waals surface area contributed by atoms with E-state index in [1.807, 2.05) is 43.3 Å². The fraction of sp³-hybridized carbons (Fsp3) is 0.250. The molecular formula is C24H23BrN2O2S. The summed E-state index contributed by atoms with van der Waals surface area (Å²) in [5.41, 5.74) is 4.08. The third-order valence-corrected chi connectivity index (χ3v) is 7.46. The van der Waals surface area contributed by atoms with Gasteiger partial charge in [0.2, 0.25) is 0 Å². The zero-order chi connectivity index (χ0) is 21.3. The second-order valence-corrected chi connectivity index (χ2v) is 9.75. The van der Waals surface area contributed by atoms with Crippen LogP contribution in [0.15, 0.2) is 53.0 Å². The molecule has 6 heteroatoms. The van der Waals surface area contributed by atoms with Crippen LogP contribution in [0.1, 0.15) is 50.1 Å². The zero-order valence-electron chi connectivity index (χ0n) is 16.9. The van der Waals surface area contributed by atoms with E-state index in [1.54, 1.807) is 12.1 Å². The molecular weight excluding hydrogens is 460 g/mol. The zero-order valence-corrected chi connectivity index (χ0v) is 19.3. The molecule has 1 unspecified atom stereocenters. The first-order chi connectivity index (χ1) is 14.4. The smallest absolute Gasteiger partial charge is 0.258 e. The molecule has 4 nitrogen and oxygen atoms in total. The molecule has 2 N–H and O–H groups in total. The first-order valence-corrected chi connectivity index (χ1v) is 11.6. The Morgan fingerprint density at radius 1 is 1.07 bits per heavy atom. The van der Waals surface area contributed by atoms with Crippen molar-refractivity contribution in [3.8, 4) is 0 Å². The van der Waals surface area contributed by atoms with Crippen LogP contribution in [0, 0.1) is 12.8 Å². The van der Waals surface area contributed by atoms with Crippen LogP contribution < -0.4 is 10.6 Å². The van der Waals surface area contributed by atoms with Crippen molar-refractivity contribution in [3.63, 3.8) is 0 Å². The van der Waals surface area contributed by atoms with Gasteiger partial charge in [0, 0.05) is 20.6 Å². The van der Waals surface area contributed by atoms with Gasteiger partial charge in [-0.25, -0.2) is 0 Å². The number of hydrogen-bond donors (Lipinski definition) is 2. The van der Waals surface area contributed by atoms with Crippen molar-refractivity contribution in [1.29, 1.82) is 0 Å². The number of nitrogens with one attached hydrogen (secondary N) is 2. The van der Waals surface area contributed by atoms with Crippen molar-refractivity contribution in [2.24, 2.45) is 5.92 Å². The first-order valence-electron chi connectivity index (χ1n) is 10.0. The summed E-state index contributed by atoms with van der Waals surface area (Å²) < 4.78 is 0.944. The normalized spacial score (nSPS) is 15.4. The van der Waals surface area contributed by atoms with E-state index in [-0.39, 0.29) is 11.8 Å². The molecule has 30 heavy (non-hydrogen) atoms. The second-order valence-electron chi connectivity index (χ2n) is 7.79. The van der Waals surface area contributed by atoms with Crippen molar-refractivity contribution in [2.45, 2.75) is 33.1 Å². The number of benzene rings is 2. The van der Waals surface area contributed by atoms with Crippen LogP contribution in [-0.2, 0) is 12.8 Å². The monoisotopic (exact) mass is 482 g/mol. The molecule has 2 aromatic carbocycles. The molecule has 1 heterocycles. The van der Waals surface area contributed by atoms with Gasteiger partial charge in [0.15, 0.2) is 0 Å². The van der Waals surface area contributed by atoms with Crippen LogP contribution >= 0.6 is 27.3 Å². The molecule has 0 radical (unpaired) electrons. The quantitative estimate of drug-likeness (QED) is 0.448. The summed E-state index contributed by atoms with van der Waals surface area (Å²) in [6.07, 6.45) is 2.85. The Labute approximate surface area is 188 Å². The number of carbonyl (C=O) groups excluding carboxylic acids is 2. The first kappa shape index (κ1) is 20.8. The van der Waals surface area contributed by atoms with Gasteiger partial charge < -0.3 is 10.6 Å². The Bertz CT molecular complexity index is 1110. The van der Waals surface area contributed by atoms with Gasteiger partial charge in [-0.2, -0.15) is 0 Å². The molecule has 2 amide bonds. The third kappa shape index (κ3) is 4.35. The summed E-state index contributed by atoms with van der Waals surface area (Å²) in [7, 11) is 0. The van der Waals surface area contributed by atoms with Gasteiger partial charge in [-0.3, -0.25) is 9.59 Å². The Morgan fingerprint density at radius 3 is 2.57 bits per heavy atom. The van der Waals surface area contributed by atoms with Crippen molar-refractivity contribution < 1.29 is 9.59 Å². The minimum absolute atomic E-state index is 0.179. The van der Waals surface area contributed by atoms with Crippen LogP contribution in [-0.4, -0.2) is 11.8 Å². The minimum Gasteiger partial charge on any atom is -0.322 e. The minimum atomic E-state index is -0.200. The summed E-state index contributed by atoms with van der Waals surface area (Å²) in [6, 6.07) is 14.8. The van der Waals surface area contributed by atoms with Gasteiger partial charge in [0.05, 0.1) is 5.56 Å². The lowest BCUT2D eigenvalue weighted by molar-refractivity contribution is 0.102. The van der Waals surface area contributed by atoms with Crippen molar-refractivity contribution in [2.75, 3.05) is 10.6 Å².